The van der Waals surface area contributed by atoms with Crippen LogP contribution in [0.5, 0.6) is 0 Å². The standard InChI is InChI=1S/C10H13N5O5/c1-10(13-14-11)7(18)5(4-16)20-8(10)15-3-2-6(17)12-9(15)19/h2-3,5,7-8,16,18H,4H2,1H3,(H,12,17,19)/t5-,7?,8-,10-/m1/s1. The van der Waals surface area contributed by atoms with Gasteiger partial charge in [0, 0.05) is 17.2 Å². The van der Waals surface area contributed by atoms with Crippen LogP contribution in [0, 0.1) is 0 Å². The van der Waals surface area contributed by atoms with Crippen molar-refractivity contribution in [1.82, 2.24) is 9.55 Å². The van der Waals surface area contributed by atoms with Crippen LogP contribution in [-0.4, -0.2) is 44.1 Å². The van der Waals surface area contributed by atoms with E-state index < -0.39 is 41.8 Å². The van der Waals surface area contributed by atoms with Crippen LogP contribution in [0.25, 0.3) is 10.4 Å². The molecule has 2 heterocycles. The number of hydrogen-bond acceptors (Lipinski definition) is 6. The molecule has 0 bridgehead atoms. The number of azide groups is 1. The van der Waals surface area contributed by atoms with Crippen molar-refractivity contribution in [3.63, 3.8) is 0 Å². The summed E-state index contributed by atoms with van der Waals surface area (Å²) in [7, 11) is 0. The summed E-state index contributed by atoms with van der Waals surface area (Å²) in [5.41, 5.74) is 5.78. The number of aliphatic hydroxyl groups is 2. The highest BCUT2D eigenvalue weighted by molar-refractivity contribution is 5.06. The quantitative estimate of drug-likeness (QED) is 0.363. The Morgan fingerprint density at radius 3 is 2.90 bits per heavy atom. The molecule has 1 aliphatic heterocycles. The van der Waals surface area contributed by atoms with Crippen LogP contribution in [0.3, 0.4) is 0 Å². The van der Waals surface area contributed by atoms with Gasteiger partial charge in [0.1, 0.15) is 11.6 Å². The van der Waals surface area contributed by atoms with Gasteiger partial charge in [0.25, 0.3) is 5.56 Å². The summed E-state index contributed by atoms with van der Waals surface area (Å²) in [6, 6.07) is 1.10. The number of aromatic amines is 1. The Labute approximate surface area is 111 Å². The third-order valence-corrected chi connectivity index (χ3v) is 3.30. The minimum atomic E-state index is -1.50. The Morgan fingerprint density at radius 2 is 2.35 bits per heavy atom. The van der Waals surface area contributed by atoms with Crippen LogP contribution < -0.4 is 11.2 Å². The van der Waals surface area contributed by atoms with E-state index in [1.54, 1.807) is 0 Å². The molecule has 10 nitrogen and oxygen atoms in total. The molecule has 1 aromatic heterocycles. The van der Waals surface area contributed by atoms with E-state index in [1.165, 1.54) is 13.1 Å². The van der Waals surface area contributed by atoms with Crippen molar-refractivity contribution < 1.29 is 14.9 Å². The number of aliphatic hydroxyl groups excluding tert-OH is 2. The molecule has 1 saturated heterocycles. The number of rotatable bonds is 3. The maximum absolute atomic E-state index is 11.8. The van der Waals surface area contributed by atoms with Crippen LogP contribution in [0.15, 0.2) is 27.0 Å². The van der Waals surface area contributed by atoms with E-state index in [0.29, 0.717) is 0 Å². The number of nitrogens with one attached hydrogen (secondary N) is 1. The maximum Gasteiger partial charge on any atom is 0.330 e. The molecule has 20 heavy (non-hydrogen) atoms. The zero-order valence-electron chi connectivity index (χ0n) is 10.5. The van der Waals surface area contributed by atoms with Crippen LogP contribution in [0.2, 0.25) is 0 Å². The lowest BCUT2D eigenvalue weighted by Gasteiger charge is -2.27. The number of nitrogens with zero attached hydrogens (tertiary/aromatic N) is 4. The van der Waals surface area contributed by atoms with E-state index in [4.69, 9.17) is 15.4 Å². The zero-order valence-corrected chi connectivity index (χ0v) is 10.5. The van der Waals surface area contributed by atoms with Gasteiger partial charge in [-0.15, -0.1) is 0 Å². The SMILES string of the molecule is C[C@@]1(N=[N+]=[N-])C(O)[C@@H](CO)O[C@H]1n1ccc(=O)[nH]c1=O. The minimum absolute atomic E-state index is 0.508. The second-order valence-corrected chi connectivity index (χ2v) is 4.59. The van der Waals surface area contributed by atoms with E-state index in [2.05, 4.69) is 10.0 Å². The Balaban J connectivity index is 2.56. The second kappa shape index (κ2) is 5.10. The number of aromatic nitrogens is 2. The molecule has 1 aliphatic rings. The Morgan fingerprint density at radius 1 is 1.65 bits per heavy atom. The highest BCUT2D eigenvalue weighted by Crippen LogP contribution is 2.40. The predicted molar refractivity (Wildman–Crippen MR) is 65.9 cm³/mol. The maximum atomic E-state index is 11.8. The van der Waals surface area contributed by atoms with Crippen molar-refractivity contribution in [3.05, 3.63) is 43.5 Å². The summed E-state index contributed by atoms with van der Waals surface area (Å²) in [4.78, 5) is 27.5. The third kappa shape index (κ3) is 2.10. The summed E-state index contributed by atoms with van der Waals surface area (Å²) >= 11 is 0. The third-order valence-electron chi connectivity index (χ3n) is 3.30. The van der Waals surface area contributed by atoms with E-state index in [1.807, 2.05) is 4.98 Å². The summed E-state index contributed by atoms with van der Waals surface area (Å²) in [6.45, 7) is 0.890. The largest absolute Gasteiger partial charge is 0.394 e. The average molecular weight is 283 g/mol. The highest BCUT2D eigenvalue weighted by atomic mass is 16.5. The molecule has 0 radical (unpaired) electrons. The lowest BCUT2D eigenvalue weighted by atomic mass is 9.93. The Kier molecular flexibility index (Phi) is 3.64. The first-order chi connectivity index (χ1) is 9.43. The summed E-state index contributed by atoms with van der Waals surface area (Å²) in [5, 5.41) is 22.7. The van der Waals surface area contributed by atoms with Gasteiger partial charge in [-0.3, -0.25) is 14.3 Å². The van der Waals surface area contributed by atoms with Gasteiger partial charge in [0.2, 0.25) is 0 Å². The molecule has 10 heteroatoms. The molecule has 0 spiro atoms. The number of H-pyrrole nitrogens is 1. The molecule has 4 atom stereocenters. The van der Waals surface area contributed by atoms with Crippen LogP contribution in [-0.2, 0) is 4.74 Å². The molecule has 3 N–H and O–H groups in total. The van der Waals surface area contributed by atoms with Crippen molar-refractivity contribution in [2.75, 3.05) is 6.61 Å². The van der Waals surface area contributed by atoms with Crippen molar-refractivity contribution in [3.8, 4) is 0 Å². The van der Waals surface area contributed by atoms with Crippen molar-refractivity contribution in [1.29, 1.82) is 0 Å². The first kappa shape index (κ1) is 14.3. The smallest absolute Gasteiger partial charge is 0.330 e. The number of ether oxygens (including phenoxy) is 1. The van der Waals surface area contributed by atoms with Crippen molar-refractivity contribution in [2.24, 2.45) is 5.11 Å². The van der Waals surface area contributed by atoms with Gasteiger partial charge in [-0.05, 0) is 12.5 Å². The van der Waals surface area contributed by atoms with E-state index in [9.17, 15) is 14.7 Å². The summed E-state index contributed by atoms with van der Waals surface area (Å²) in [6.07, 6.45) is -2.28. The monoisotopic (exact) mass is 283 g/mol. The molecule has 1 unspecified atom stereocenters. The van der Waals surface area contributed by atoms with Crippen molar-refractivity contribution in [2.45, 2.75) is 30.9 Å². The average Bonchev–Trinajstić information content (AvgIpc) is 2.63. The van der Waals surface area contributed by atoms with Gasteiger partial charge in [0.15, 0.2) is 6.23 Å². The Bertz CT molecular complexity index is 662. The zero-order chi connectivity index (χ0) is 14.9. The molecule has 0 amide bonds. The first-order valence-corrected chi connectivity index (χ1v) is 5.76. The van der Waals surface area contributed by atoms with Crippen LogP contribution >= 0.6 is 0 Å². The fraction of sp³-hybridized carbons (Fsp3) is 0.600. The molecule has 0 aromatic carbocycles. The Hall–Kier alpha value is -2.13. The lowest BCUT2D eigenvalue weighted by molar-refractivity contribution is -0.0487. The normalized spacial score (nSPS) is 32.9. The first-order valence-electron chi connectivity index (χ1n) is 5.76. The predicted octanol–water partition coefficient (Wildman–Crippen LogP) is -1.14. The lowest BCUT2D eigenvalue weighted by Crippen LogP contribution is -2.45. The van der Waals surface area contributed by atoms with Crippen LogP contribution in [0.1, 0.15) is 13.2 Å². The molecule has 0 saturated carbocycles. The van der Waals surface area contributed by atoms with Gasteiger partial charge in [-0.25, -0.2) is 4.79 Å². The second-order valence-electron chi connectivity index (χ2n) is 4.59. The van der Waals surface area contributed by atoms with E-state index in [0.717, 1.165) is 10.6 Å². The summed E-state index contributed by atoms with van der Waals surface area (Å²) < 4.78 is 6.37. The molecular formula is C10H13N5O5. The minimum Gasteiger partial charge on any atom is -0.394 e. The van der Waals surface area contributed by atoms with Gasteiger partial charge < -0.3 is 14.9 Å². The molecular weight excluding hydrogens is 270 g/mol. The van der Waals surface area contributed by atoms with E-state index >= 15 is 0 Å². The number of hydrogen-bond donors (Lipinski definition) is 3. The van der Waals surface area contributed by atoms with Gasteiger partial charge in [-0.1, -0.05) is 5.11 Å². The molecule has 2 rings (SSSR count). The molecule has 108 valence electrons. The van der Waals surface area contributed by atoms with Gasteiger partial charge >= 0.3 is 5.69 Å². The van der Waals surface area contributed by atoms with Gasteiger partial charge in [0.05, 0.1) is 12.7 Å². The molecule has 0 aliphatic carbocycles. The topological polar surface area (TPSA) is 153 Å². The van der Waals surface area contributed by atoms with Crippen molar-refractivity contribution >= 4 is 0 Å². The fourth-order valence-corrected chi connectivity index (χ4v) is 2.21. The highest BCUT2D eigenvalue weighted by Gasteiger charge is 2.53. The summed E-state index contributed by atoms with van der Waals surface area (Å²) in [5.74, 6) is 0. The van der Waals surface area contributed by atoms with E-state index in [-0.39, 0.29) is 0 Å². The van der Waals surface area contributed by atoms with Gasteiger partial charge in [-0.2, -0.15) is 0 Å². The molecule has 1 fully saturated rings. The fourth-order valence-electron chi connectivity index (χ4n) is 2.21. The molecule has 1 aromatic rings. The van der Waals surface area contributed by atoms with Crippen LogP contribution in [0.4, 0.5) is 0 Å².